The molecular formula is C26H39N9O2. The molecule has 2 saturated carbocycles. The number of aromatic nitrogens is 8. The molecule has 0 amide bonds. The smallest absolute Gasteiger partial charge is 0.165 e. The van der Waals surface area contributed by atoms with Gasteiger partial charge in [-0.3, -0.25) is 4.90 Å². The zero-order valence-electron chi connectivity index (χ0n) is 22.1. The molecule has 0 bridgehead atoms. The summed E-state index contributed by atoms with van der Waals surface area (Å²) >= 11 is 0. The summed E-state index contributed by atoms with van der Waals surface area (Å²) in [6, 6.07) is 6.89. The van der Waals surface area contributed by atoms with Crippen molar-refractivity contribution in [1.29, 1.82) is 0 Å². The Hall–Kier alpha value is -3.08. The average molecular weight is 510 g/mol. The molecule has 0 saturated heterocycles. The molecule has 1 aromatic carbocycles. The summed E-state index contributed by atoms with van der Waals surface area (Å²) in [5.41, 5.74) is 1.18. The highest BCUT2D eigenvalue weighted by atomic mass is 16.5. The van der Waals surface area contributed by atoms with Crippen molar-refractivity contribution >= 4 is 0 Å². The van der Waals surface area contributed by atoms with E-state index in [1.807, 2.05) is 6.07 Å². The van der Waals surface area contributed by atoms with Crippen LogP contribution in [0.1, 0.15) is 93.5 Å². The van der Waals surface area contributed by atoms with E-state index < -0.39 is 0 Å². The fourth-order valence-electron chi connectivity index (χ4n) is 5.79. The Bertz CT molecular complexity index is 1060. The van der Waals surface area contributed by atoms with Crippen LogP contribution in [0.3, 0.4) is 0 Å². The highest BCUT2D eigenvalue weighted by Crippen LogP contribution is 2.30. The van der Waals surface area contributed by atoms with Crippen molar-refractivity contribution in [1.82, 2.24) is 45.3 Å². The Balaban J connectivity index is 1.35. The quantitative estimate of drug-likeness (QED) is 0.380. The predicted molar refractivity (Wildman–Crippen MR) is 137 cm³/mol. The highest BCUT2D eigenvalue weighted by molar-refractivity contribution is 5.42. The van der Waals surface area contributed by atoms with Gasteiger partial charge >= 0.3 is 0 Å². The number of hydrogen-bond donors (Lipinski definition) is 0. The van der Waals surface area contributed by atoms with Gasteiger partial charge in [0.2, 0.25) is 0 Å². The van der Waals surface area contributed by atoms with Crippen LogP contribution < -0.4 is 9.47 Å². The molecule has 0 atom stereocenters. The van der Waals surface area contributed by atoms with E-state index in [0.717, 1.165) is 61.8 Å². The Labute approximate surface area is 218 Å². The molecule has 2 aromatic heterocycles. The van der Waals surface area contributed by atoms with Crippen LogP contribution in [-0.2, 0) is 19.5 Å². The molecule has 0 N–H and O–H groups in total. The molecule has 3 aromatic rings. The molecule has 5 rings (SSSR count). The fourth-order valence-corrected chi connectivity index (χ4v) is 5.79. The zero-order chi connectivity index (χ0) is 25.5. The zero-order valence-corrected chi connectivity index (χ0v) is 22.1. The third-order valence-corrected chi connectivity index (χ3v) is 7.86. The summed E-state index contributed by atoms with van der Waals surface area (Å²) in [4.78, 5) is 2.37. The first-order valence-electron chi connectivity index (χ1n) is 13.7. The molecule has 37 heavy (non-hydrogen) atoms. The Morgan fingerprint density at radius 1 is 0.757 bits per heavy atom. The van der Waals surface area contributed by atoms with Crippen molar-refractivity contribution < 1.29 is 9.47 Å². The first kappa shape index (κ1) is 25.6. The van der Waals surface area contributed by atoms with Gasteiger partial charge in [-0.25, -0.2) is 9.36 Å². The van der Waals surface area contributed by atoms with Crippen molar-refractivity contribution in [3.63, 3.8) is 0 Å². The van der Waals surface area contributed by atoms with E-state index >= 15 is 0 Å². The van der Waals surface area contributed by atoms with Crippen LogP contribution in [0.5, 0.6) is 11.5 Å². The van der Waals surface area contributed by atoms with Crippen molar-refractivity contribution in [3.8, 4) is 11.5 Å². The molecule has 11 nitrogen and oxygen atoms in total. The van der Waals surface area contributed by atoms with Crippen LogP contribution in [0.2, 0.25) is 0 Å². The maximum Gasteiger partial charge on any atom is 0.165 e. The maximum atomic E-state index is 5.52. The summed E-state index contributed by atoms with van der Waals surface area (Å²) in [7, 11) is 3.33. The molecule has 11 heteroatoms. The van der Waals surface area contributed by atoms with Gasteiger partial charge in [-0.05, 0) is 70.7 Å². The van der Waals surface area contributed by atoms with Gasteiger partial charge in [0.1, 0.15) is 0 Å². The Morgan fingerprint density at radius 3 is 1.81 bits per heavy atom. The first-order valence-corrected chi connectivity index (χ1v) is 13.7. The van der Waals surface area contributed by atoms with E-state index in [2.05, 4.69) is 57.4 Å². The monoisotopic (exact) mass is 509 g/mol. The molecule has 2 heterocycles. The summed E-state index contributed by atoms with van der Waals surface area (Å²) in [5.74, 6) is 3.31. The normalized spacial score (nSPS) is 17.4. The number of methoxy groups -OCH3 is 2. The standard InChI is InChI=1S/C26H39N9O2/c1-36-23-14-13-20(17-24(23)37-2)15-16-33(18-25-27-29-31-34(25)21-9-5-3-6-10-21)19-26-28-30-32-35(26)22-11-7-4-8-12-22/h13-14,17,21-22H,3-12,15-16,18-19H2,1-2H3. The highest BCUT2D eigenvalue weighted by Gasteiger charge is 2.24. The van der Waals surface area contributed by atoms with Crippen molar-refractivity contribution in [2.24, 2.45) is 0 Å². The largest absolute Gasteiger partial charge is 0.493 e. The minimum atomic E-state index is 0.388. The van der Waals surface area contributed by atoms with Crippen molar-refractivity contribution in [2.45, 2.75) is 95.8 Å². The van der Waals surface area contributed by atoms with Gasteiger partial charge in [0.25, 0.3) is 0 Å². The molecule has 2 aliphatic rings. The number of benzene rings is 1. The van der Waals surface area contributed by atoms with Gasteiger partial charge in [-0.1, -0.05) is 44.6 Å². The molecular weight excluding hydrogens is 470 g/mol. The molecule has 0 spiro atoms. The van der Waals surface area contributed by atoms with Crippen LogP contribution in [0.4, 0.5) is 0 Å². The Kier molecular flexibility index (Phi) is 8.60. The lowest BCUT2D eigenvalue weighted by molar-refractivity contribution is 0.220. The lowest BCUT2D eigenvalue weighted by Gasteiger charge is -2.26. The van der Waals surface area contributed by atoms with Crippen LogP contribution in [0, 0.1) is 0 Å². The third-order valence-electron chi connectivity index (χ3n) is 7.86. The molecule has 0 unspecified atom stereocenters. The number of hydrogen-bond acceptors (Lipinski definition) is 9. The van der Waals surface area contributed by atoms with Crippen molar-refractivity contribution in [3.05, 3.63) is 35.4 Å². The van der Waals surface area contributed by atoms with Crippen LogP contribution in [0.25, 0.3) is 0 Å². The third kappa shape index (κ3) is 6.26. The van der Waals surface area contributed by atoms with Gasteiger partial charge in [0, 0.05) is 6.54 Å². The number of nitrogens with zero attached hydrogens (tertiary/aromatic N) is 9. The minimum Gasteiger partial charge on any atom is -0.493 e. The van der Waals surface area contributed by atoms with E-state index in [1.54, 1.807) is 14.2 Å². The van der Waals surface area contributed by atoms with E-state index in [0.29, 0.717) is 25.2 Å². The van der Waals surface area contributed by atoms with Crippen LogP contribution >= 0.6 is 0 Å². The summed E-state index contributed by atoms with van der Waals surface area (Å²) < 4.78 is 15.1. The fraction of sp³-hybridized carbons (Fsp3) is 0.692. The number of ether oxygens (including phenoxy) is 2. The predicted octanol–water partition coefficient (Wildman–Crippen LogP) is 3.93. The van der Waals surface area contributed by atoms with Gasteiger partial charge < -0.3 is 9.47 Å². The van der Waals surface area contributed by atoms with Crippen LogP contribution in [0.15, 0.2) is 18.2 Å². The van der Waals surface area contributed by atoms with E-state index in [-0.39, 0.29) is 0 Å². The van der Waals surface area contributed by atoms with E-state index in [9.17, 15) is 0 Å². The van der Waals surface area contributed by atoms with Gasteiger partial charge in [-0.15, -0.1) is 10.2 Å². The second-order valence-corrected chi connectivity index (χ2v) is 10.3. The van der Waals surface area contributed by atoms with Gasteiger partial charge in [-0.2, -0.15) is 0 Å². The first-order chi connectivity index (χ1) is 18.2. The SMILES string of the molecule is COc1ccc(CCN(Cc2nnnn2C2CCCCC2)Cc2nnnn2C2CCCCC2)cc1OC. The molecule has 0 radical (unpaired) electrons. The van der Waals surface area contributed by atoms with E-state index in [4.69, 9.17) is 9.47 Å². The van der Waals surface area contributed by atoms with Crippen LogP contribution in [-0.4, -0.2) is 66.1 Å². The topological polar surface area (TPSA) is 109 Å². The van der Waals surface area contributed by atoms with Gasteiger partial charge in [0.05, 0.1) is 39.4 Å². The second kappa shape index (κ2) is 12.4. The summed E-state index contributed by atoms with van der Waals surface area (Å²) in [6.45, 7) is 2.10. The van der Waals surface area contributed by atoms with Crippen molar-refractivity contribution in [2.75, 3.05) is 20.8 Å². The van der Waals surface area contributed by atoms with E-state index in [1.165, 1.54) is 44.1 Å². The molecule has 200 valence electrons. The maximum absolute atomic E-state index is 5.52. The molecule has 0 aliphatic heterocycles. The number of rotatable bonds is 11. The molecule has 2 aliphatic carbocycles. The van der Waals surface area contributed by atoms with Gasteiger partial charge in [0.15, 0.2) is 23.1 Å². The average Bonchev–Trinajstić information content (AvgIpc) is 3.62. The second-order valence-electron chi connectivity index (χ2n) is 10.3. The minimum absolute atomic E-state index is 0.388. The summed E-state index contributed by atoms with van der Waals surface area (Å²) in [6.07, 6.45) is 13.0. The lowest BCUT2D eigenvalue weighted by Crippen LogP contribution is -2.30. The number of tetrazole rings is 2. The summed E-state index contributed by atoms with van der Waals surface area (Å²) in [5, 5.41) is 25.8. The molecule has 2 fully saturated rings. The lowest BCUT2D eigenvalue weighted by atomic mass is 9.95. The Morgan fingerprint density at radius 2 is 1.30 bits per heavy atom.